The minimum absolute atomic E-state index is 0.160. The van der Waals surface area contributed by atoms with Crippen LogP contribution in [-0.2, 0) is 18.3 Å². The highest BCUT2D eigenvalue weighted by molar-refractivity contribution is 6.00. The van der Waals surface area contributed by atoms with Gasteiger partial charge in [-0.1, -0.05) is 12.1 Å². The van der Waals surface area contributed by atoms with Crippen LogP contribution in [0.1, 0.15) is 45.1 Å². The van der Waals surface area contributed by atoms with Crippen LogP contribution in [0.25, 0.3) is 11.1 Å². The summed E-state index contributed by atoms with van der Waals surface area (Å²) in [6.07, 6.45) is 9.37. The fourth-order valence-corrected chi connectivity index (χ4v) is 4.82. The lowest BCUT2D eigenvalue weighted by Gasteiger charge is -2.29. The average molecular weight is 435 g/mol. The first-order valence-electron chi connectivity index (χ1n) is 12.0. The zero-order valence-corrected chi connectivity index (χ0v) is 19.5. The third-order valence-electron chi connectivity index (χ3n) is 7.09. The number of aromatic nitrogens is 2. The Hall–Kier alpha value is -2.83. The molecule has 32 heavy (non-hydrogen) atoms. The van der Waals surface area contributed by atoms with Gasteiger partial charge in [0.1, 0.15) is 5.84 Å². The molecule has 3 aliphatic rings. The van der Waals surface area contributed by atoms with Gasteiger partial charge in [0.05, 0.1) is 6.20 Å². The first kappa shape index (κ1) is 21.0. The summed E-state index contributed by atoms with van der Waals surface area (Å²) in [4.78, 5) is 16.6. The van der Waals surface area contributed by atoms with E-state index in [2.05, 4.69) is 46.3 Å². The third-order valence-corrected chi connectivity index (χ3v) is 7.09. The second kappa shape index (κ2) is 8.60. The Balaban J connectivity index is 1.48. The topological polar surface area (TPSA) is 57.0 Å². The van der Waals surface area contributed by atoms with E-state index in [1.54, 1.807) is 6.92 Å². The van der Waals surface area contributed by atoms with E-state index in [0.717, 1.165) is 62.8 Å². The number of nitrogens with zero attached hydrogens (tertiary/aromatic N) is 6. The molecule has 1 fully saturated rings. The van der Waals surface area contributed by atoms with Gasteiger partial charge in [0.2, 0.25) is 5.91 Å². The van der Waals surface area contributed by atoms with Crippen molar-refractivity contribution in [2.75, 3.05) is 31.1 Å². The molecule has 0 bridgehead atoms. The number of benzene rings is 1. The van der Waals surface area contributed by atoms with Gasteiger partial charge in [0, 0.05) is 70.1 Å². The highest BCUT2D eigenvalue weighted by Crippen LogP contribution is 2.35. The number of anilines is 1. The first-order valence-corrected chi connectivity index (χ1v) is 12.0. The average Bonchev–Trinajstić information content (AvgIpc) is 3.30. The van der Waals surface area contributed by atoms with Crippen molar-refractivity contribution in [2.45, 2.75) is 52.0 Å². The molecule has 0 radical (unpaired) electrons. The number of amidine groups is 1. The molecule has 2 aliphatic heterocycles. The van der Waals surface area contributed by atoms with Gasteiger partial charge < -0.3 is 9.80 Å². The molecule has 2 aromatic rings. The van der Waals surface area contributed by atoms with Crippen molar-refractivity contribution in [1.29, 1.82) is 0 Å². The number of fused-ring (bicyclic) bond motifs is 1. The monoisotopic (exact) mass is 434 g/mol. The molecule has 0 spiro atoms. The number of hydrogen-bond donors (Lipinski definition) is 0. The fourth-order valence-electron chi connectivity index (χ4n) is 4.82. The number of amides is 1. The second-order valence-electron chi connectivity index (χ2n) is 9.62. The quantitative estimate of drug-likeness (QED) is 0.742. The van der Waals surface area contributed by atoms with Crippen molar-refractivity contribution >= 4 is 17.4 Å². The molecule has 1 aromatic heterocycles. The summed E-state index contributed by atoms with van der Waals surface area (Å²) in [6.45, 7) is 7.45. The predicted molar refractivity (Wildman–Crippen MR) is 128 cm³/mol. The van der Waals surface area contributed by atoms with E-state index in [4.69, 9.17) is 5.10 Å². The van der Waals surface area contributed by atoms with Gasteiger partial charge in [-0.05, 0) is 55.7 Å². The molecule has 1 amide bonds. The molecule has 1 saturated carbocycles. The molecule has 170 valence electrons. The molecular formula is C25H34N6O. The van der Waals surface area contributed by atoms with Crippen LogP contribution >= 0.6 is 0 Å². The van der Waals surface area contributed by atoms with Gasteiger partial charge in [-0.3, -0.25) is 14.5 Å². The molecule has 0 N–H and O–H groups in total. The molecule has 5 rings (SSSR count). The van der Waals surface area contributed by atoms with E-state index in [0.29, 0.717) is 6.04 Å². The van der Waals surface area contributed by atoms with Crippen molar-refractivity contribution < 1.29 is 4.79 Å². The third kappa shape index (κ3) is 4.38. The number of carbonyl (C=O) groups is 1. The Morgan fingerprint density at radius 2 is 1.94 bits per heavy atom. The largest absolute Gasteiger partial charge is 0.342 e. The van der Waals surface area contributed by atoms with Gasteiger partial charge >= 0.3 is 0 Å². The van der Waals surface area contributed by atoms with E-state index in [1.165, 1.54) is 29.7 Å². The van der Waals surface area contributed by atoms with Crippen LogP contribution in [0.4, 0.5) is 5.69 Å². The van der Waals surface area contributed by atoms with E-state index in [1.807, 2.05) is 22.8 Å². The summed E-state index contributed by atoms with van der Waals surface area (Å²) in [5, 5.41) is 11.9. The standard InChI is InChI=1S/C25H34N6O/c1-18-8-11-29(19(2)32)12-10-25(27-31(18)16-20-4-5-20)30-13-9-21-6-7-22(14-24(21)30)23-15-26-28(3)17-23/h6-7,14-15,17-18,20H,4-5,8-13,16H2,1-3H3/b27-25+. The SMILES string of the molecule is CC(=O)N1CC/C(N2CCc3ccc(-c4cnn(C)c4)cc32)=N\N(CC2CC2)C(C)CC1. The van der Waals surface area contributed by atoms with Crippen LogP contribution in [0.2, 0.25) is 0 Å². The maximum absolute atomic E-state index is 12.2. The molecule has 1 unspecified atom stereocenters. The van der Waals surface area contributed by atoms with E-state index >= 15 is 0 Å². The number of aryl methyl sites for hydroxylation is 1. The molecule has 1 aromatic carbocycles. The zero-order valence-electron chi connectivity index (χ0n) is 19.5. The summed E-state index contributed by atoms with van der Waals surface area (Å²) >= 11 is 0. The smallest absolute Gasteiger partial charge is 0.219 e. The van der Waals surface area contributed by atoms with Gasteiger partial charge in [0.25, 0.3) is 0 Å². The maximum atomic E-state index is 12.2. The molecule has 7 nitrogen and oxygen atoms in total. The minimum atomic E-state index is 0.160. The Labute approximate surface area is 190 Å². The minimum Gasteiger partial charge on any atom is -0.342 e. The van der Waals surface area contributed by atoms with Crippen molar-refractivity contribution in [3.05, 3.63) is 36.2 Å². The Morgan fingerprint density at radius 1 is 1.09 bits per heavy atom. The number of hydrogen-bond acceptors (Lipinski definition) is 5. The van der Waals surface area contributed by atoms with Gasteiger partial charge in [-0.25, -0.2) is 0 Å². The lowest BCUT2D eigenvalue weighted by Crippen LogP contribution is -2.36. The summed E-state index contributed by atoms with van der Waals surface area (Å²) in [7, 11) is 1.95. The van der Waals surface area contributed by atoms with Crippen LogP contribution in [0, 0.1) is 5.92 Å². The maximum Gasteiger partial charge on any atom is 0.219 e. The molecule has 1 atom stereocenters. The van der Waals surface area contributed by atoms with Crippen molar-refractivity contribution in [3.8, 4) is 11.1 Å². The zero-order chi connectivity index (χ0) is 22.2. The molecule has 1 aliphatic carbocycles. The van der Waals surface area contributed by atoms with E-state index in [9.17, 15) is 4.79 Å². The Bertz CT molecular complexity index is 1020. The predicted octanol–water partition coefficient (Wildman–Crippen LogP) is 3.51. The summed E-state index contributed by atoms with van der Waals surface area (Å²) in [5.41, 5.74) is 4.93. The molecule has 7 heteroatoms. The number of hydrazone groups is 1. The van der Waals surface area contributed by atoms with Gasteiger partial charge in [-0.15, -0.1) is 0 Å². The van der Waals surface area contributed by atoms with Crippen LogP contribution in [0.3, 0.4) is 0 Å². The van der Waals surface area contributed by atoms with Gasteiger partial charge in [-0.2, -0.15) is 10.2 Å². The molecule has 3 heterocycles. The lowest BCUT2D eigenvalue weighted by molar-refractivity contribution is -0.128. The Morgan fingerprint density at radius 3 is 2.66 bits per heavy atom. The summed E-state index contributed by atoms with van der Waals surface area (Å²) in [5.74, 6) is 2.02. The highest BCUT2D eigenvalue weighted by Gasteiger charge is 2.30. The van der Waals surface area contributed by atoms with Crippen molar-refractivity contribution in [3.63, 3.8) is 0 Å². The van der Waals surface area contributed by atoms with E-state index in [-0.39, 0.29) is 5.91 Å². The van der Waals surface area contributed by atoms with Crippen molar-refractivity contribution in [1.82, 2.24) is 19.7 Å². The number of carbonyl (C=O) groups excluding carboxylic acids is 1. The fraction of sp³-hybridized carbons (Fsp3) is 0.560. The van der Waals surface area contributed by atoms with Crippen LogP contribution in [0.15, 0.2) is 35.7 Å². The summed E-state index contributed by atoms with van der Waals surface area (Å²) in [6, 6.07) is 7.06. The second-order valence-corrected chi connectivity index (χ2v) is 9.62. The Kier molecular flexibility index (Phi) is 5.66. The van der Waals surface area contributed by atoms with E-state index < -0.39 is 0 Å². The lowest BCUT2D eigenvalue weighted by atomic mass is 10.1. The van der Waals surface area contributed by atoms with Gasteiger partial charge in [0.15, 0.2) is 0 Å². The molecular weight excluding hydrogens is 400 g/mol. The van der Waals surface area contributed by atoms with Crippen LogP contribution in [0.5, 0.6) is 0 Å². The summed E-state index contributed by atoms with van der Waals surface area (Å²) < 4.78 is 1.84. The first-order chi connectivity index (χ1) is 15.5. The highest BCUT2D eigenvalue weighted by atomic mass is 16.2. The number of rotatable bonds is 3. The normalized spacial score (nSPS) is 23.3. The van der Waals surface area contributed by atoms with Crippen molar-refractivity contribution in [2.24, 2.45) is 18.1 Å². The van der Waals surface area contributed by atoms with Crippen LogP contribution < -0.4 is 4.90 Å². The van der Waals surface area contributed by atoms with Crippen LogP contribution in [-0.4, -0.2) is 63.7 Å². The molecule has 0 saturated heterocycles.